The highest BCUT2D eigenvalue weighted by atomic mass is 16.3. The van der Waals surface area contributed by atoms with Crippen molar-refractivity contribution in [3.8, 4) is 11.8 Å². The first-order chi connectivity index (χ1) is 14.0. The average Bonchev–Trinajstić information content (AvgIpc) is 2.73. The highest BCUT2D eigenvalue weighted by Gasteiger charge is 2.44. The van der Waals surface area contributed by atoms with Crippen molar-refractivity contribution >= 4 is 0 Å². The van der Waals surface area contributed by atoms with E-state index in [1.807, 2.05) is 24.4 Å². The van der Waals surface area contributed by atoms with Crippen molar-refractivity contribution in [2.75, 3.05) is 19.6 Å². The van der Waals surface area contributed by atoms with Gasteiger partial charge in [0, 0.05) is 29.9 Å². The third-order valence-electron chi connectivity index (χ3n) is 6.24. The third kappa shape index (κ3) is 4.87. The van der Waals surface area contributed by atoms with E-state index in [1.54, 1.807) is 6.92 Å². The van der Waals surface area contributed by atoms with E-state index in [4.69, 9.17) is 0 Å². The van der Waals surface area contributed by atoms with Crippen LogP contribution < -0.4 is 0 Å². The van der Waals surface area contributed by atoms with Gasteiger partial charge in [-0.05, 0) is 69.3 Å². The van der Waals surface area contributed by atoms with Crippen LogP contribution in [0, 0.1) is 17.8 Å². The molecule has 2 N–H and O–H groups in total. The van der Waals surface area contributed by atoms with Crippen molar-refractivity contribution in [1.29, 1.82) is 0 Å². The monoisotopic (exact) mass is 390 g/mol. The van der Waals surface area contributed by atoms with Crippen molar-refractivity contribution in [3.63, 3.8) is 0 Å². The number of aliphatic hydroxyl groups excluding tert-OH is 1. The molecular formula is C25H30N2O2. The van der Waals surface area contributed by atoms with E-state index in [0.717, 1.165) is 55.6 Å². The molecule has 29 heavy (non-hydrogen) atoms. The minimum Gasteiger partial charge on any atom is -0.393 e. The van der Waals surface area contributed by atoms with E-state index < -0.39 is 5.60 Å². The Hall–Kier alpha value is -2.19. The summed E-state index contributed by atoms with van der Waals surface area (Å²) in [6, 6.07) is 12.5. The lowest BCUT2D eigenvalue weighted by Gasteiger charge is -2.47. The van der Waals surface area contributed by atoms with E-state index in [1.165, 1.54) is 5.56 Å². The Morgan fingerprint density at radius 1 is 1.24 bits per heavy atom. The minimum absolute atomic E-state index is 0.274. The molecule has 4 heterocycles. The summed E-state index contributed by atoms with van der Waals surface area (Å²) in [7, 11) is 0. The van der Waals surface area contributed by atoms with Gasteiger partial charge >= 0.3 is 0 Å². The third-order valence-corrected chi connectivity index (χ3v) is 6.24. The summed E-state index contributed by atoms with van der Waals surface area (Å²) in [5, 5.41) is 20.7. The molecule has 1 aromatic heterocycles. The van der Waals surface area contributed by atoms with Crippen LogP contribution in [-0.4, -0.2) is 51.4 Å². The molecule has 0 amide bonds. The van der Waals surface area contributed by atoms with Crippen LogP contribution in [0.2, 0.25) is 0 Å². The first-order valence-electron chi connectivity index (χ1n) is 10.7. The Morgan fingerprint density at radius 2 is 2.00 bits per heavy atom. The molecule has 4 nitrogen and oxygen atoms in total. The molecule has 2 atom stereocenters. The Balaban J connectivity index is 1.62. The smallest absolute Gasteiger partial charge is 0.141 e. The number of hydrogen-bond donors (Lipinski definition) is 2. The number of rotatable bonds is 5. The van der Waals surface area contributed by atoms with Crippen molar-refractivity contribution in [2.45, 2.75) is 50.7 Å². The highest BCUT2D eigenvalue weighted by Crippen LogP contribution is 2.35. The van der Waals surface area contributed by atoms with E-state index >= 15 is 0 Å². The summed E-state index contributed by atoms with van der Waals surface area (Å²) >= 11 is 0. The molecule has 3 fully saturated rings. The van der Waals surface area contributed by atoms with Gasteiger partial charge in [0.25, 0.3) is 0 Å². The van der Waals surface area contributed by atoms with Gasteiger partial charge in [-0.2, -0.15) is 0 Å². The van der Waals surface area contributed by atoms with Gasteiger partial charge in [0.05, 0.1) is 6.10 Å². The molecule has 2 aromatic rings. The lowest BCUT2D eigenvalue weighted by molar-refractivity contribution is -0.0713. The summed E-state index contributed by atoms with van der Waals surface area (Å²) in [5.74, 6) is 6.78. The van der Waals surface area contributed by atoms with Gasteiger partial charge < -0.3 is 10.2 Å². The molecule has 0 aliphatic carbocycles. The van der Waals surface area contributed by atoms with E-state index in [-0.39, 0.29) is 12.0 Å². The van der Waals surface area contributed by atoms with E-state index in [2.05, 4.69) is 39.9 Å². The molecule has 1 aromatic carbocycles. The highest BCUT2D eigenvalue weighted by molar-refractivity contribution is 5.44. The van der Waals surface area contributed by atoms with E-state index in [9.17, 15) is 10.2 Å². The zero-order valence-electron chi connectivity index (χ0n) is 17.1. The maximum absolute atomic E-state index is 11.1. The molecule has 3 aliphatic rings. The fraction of sp³-hybridized carbons (Fsp3) is 0.480. The van der Waals surface area contributed by atoms with Gasteiger partial charge in [-0.25, -0.2) is 0 Å². The number of nitrogens with zero attached hydrogens (tertiary/aromatic N) is 2. The van der Waals surface area contributed by atoms with Gasteiger partial charge in [-0.1, -0.05) is 42.2 Å². The van der Waals surface area contributed by atoms with Gasteiger partial charge in [0.1, 0.15) is 5.60 Å². The second kappa shape index (κ2) is 8.67. The average molecular weight is 391 g/mol. The quantitative estimate of drug-likeness (QED) is 0.771. The van der Waals surface area contributed by atoms with Gasteiger partial charge in [0.15, 0.2) is 0 Å². The first-order valence-corrected chi connectivity index (χ1v) is 10.7. The molecule has 5 rings (SSSR count). The molecule has 2 bridgehead atoms. The predicted octanol–water partition coefficient (Wildman–Crippen LogP) is 2.79. The Bertz CT molecular complexity index is 892. The van der Waals surface area contributed by atoms with Crippen LogP contribution in [0.15, 0.2) is 42.6 Å². The Labute approximate surface area is 173 Å². The standard InChI is InChI=1S/C25H30N2O2/c1-19(28)7-8-24-16-22(15-20-5-3-2-4-6-20)21(17-26-24)9-12-25(29)18-27-13-10-23(25)11-14-27/h2-6,16-17,19,23,28-29H,7-8,10-11,13-15,18H2,1H3. The number of aromatic nitrogens is 1. The van der Waals surface area contributed by atoms with Gasteiger partial charge in [0.2, 0.25) is 0 Å². The van der Waals surface area contributed by atoms with Crippen LogP contribution in [0.4, 0.5) is 0 Å². The predicted molar refractivity (Wildman–Crippen MR) is 114 cm³/mol. The zero-order chi connectivity index (χ0) is 20.3. The number of aliphatic hydroxyl groups is 2. The van der Waals surface area contributed by atoms with Crippen molar-refractivity contribution in [2.24, 2.45) is 5.92 Å². The first kappa shape index (κ1) is 20.1. The number of pyridine rings is 1. The molecule has 3 saturated heterocycles. The number of benzene rings is 1. The molecular weight excluding hydrogens is 360 g/mol. The molecule has 0 spiro atoms. The van der Waals surface area contributed by atoms with E-state index in [0.29, 0.717) is 13.0 Å². The number of fused-ring (bicyclic) bond motifs is 3. The molecule has 0 radical (unpaired) electrons. The molecule has 152 valence electrons. The second-order valence-electron chi connectivity index (χ2n) is 8.61. The molecule has 4 heteroatoms. The number of hydrogen-bond acceptors (Lipinski definition) is 4. The lowest BCUT2D eigenvalue weighted by atomic mass is 9.75. The lowest BCUT2D eigenvalue weighted by Crippen LogP contribution is -2.58. The SMILES string of the molecule is CC(O)CCc1cc(Cc2ccccc2)c(C#CC2(O)CN3CCC2CC3)cn1. The number of piperidine rings is 3. The second-order valence-corrected chi connectivity index (χ2v) is 8.61. The van der Waals surface area contributed by atoms with Crippen LogP contribution in [0.25, 0.3) is 0 Å². The van der Waals surface area contributed by atoms with Crippen molar-refractivity contribution in [1.82, 2.24) is 9.88 Å². The Morgan fingerprint density at radius 3 is 2.66 bits per heavy atom. The molecule has 0 saturated carbocycles. The van der Waals surface area contributed by atoms with Crippen LogP contribution in [-0.2, 0) is 12.8 Å². The maximum Gasteiger partial charge on any atom is 0.141 e. The maximum atomic E-state index is 11.1. The topological polar surface area (TPSA) is 56.6 Å². The minimum atomic E-state index is -0.911. The summed E-state index contributed by atoms with van der Waals surface area (Å²) in [6.07, 6.45) is 5.78. The van der Waals surface area contributed by atoms with Crippen LogP contribution in [0.5, 0.6) is 0 Å². The largest absolute Gasteiger partial charge is 0.393 e. The van der Waals surface area contributed by atoms with Crippen molar-refractivity contribution < 1.29 is 10.2 Å². The summed E-state index contributed by atoms with van der Waals surface area (Å²) in [4.78, 5) is 6.90. The van der Waals surface area contributed by atoms with Gasteiger partial charge in [-0.3, -0.25) is 9.88 Å². The summed E-state index contributed by atoms with van der Waals surface area (Å²) < 4.78 is 0. The fourth-order valence-electron chi connectivity index (χ4n) is 4.47. The molecule has 2 unspecified atom stereocenters. The Kier molecular flexibility index (Phi) is 6.01. The zero-order valence-corrected chi connectivity index (χ0v) is 17.1. The summed E-state index contributed by atoms with van der Waals surface area (Å²) in [5.41, 5.74) is 3.31. The van der Waals surface area contributed by atoms with Crippen LogP contribution in [0.1, 0.15) is 48.6 Å². The summed E-state index contributed by atoms with van der Waals surface area (Å²) in [6.45, 7) is 4.61. The molecule has 3 aliphatic heterocycles. The normalized spacial score (nSPS) is 26.6. The van der Waals surface area contributed by atoms with Gasteiger partial charge in [-0.15, -0.1) is 0 Å². The van der Waals surface area contributed by atoms with Crippen molar-refractivity contribution in [3.05, 3.63) is 65.0 Å². The number of aryl methyl sites for hydroxylation is 1. The van der Waals surface area contributed by atoms with Crippen LogP contribution in [0.3, 0.4) is 0 Å². The fourth-order valence-corrected chi connectivity index (χ4v) is 4.47. The van der Waals surface area contributed by atoms with Crippen LogP contribution >= 0.6 is 0 Å².